The molecule has 19 heavy (non-hydrogen) atoms. The van der Waals surface area contributed by atoms with Gasteiger partial charge in [-0.25, -0.2) is 0 Å². The van der Waals surface area contributed by atoms with Crippen LogP contribution in [0.3, 0.4) is 0 Å². The average Bonchev–Trinajstić information content (AvgIpc) is 2.41. The van der Waals surface area contributed by atoms with E-state index in [0.717, 1.165) is 24.3 Å². The van der Waals surface area contributed by atoms with E-state index >= 15 is 0 Å². The van der Waals surface area contributed by atoms with E-state index in [1.165, 1.54) is 0 Å². The van der Waals surface area contributed by atoms with Crippen LogP contribution in [0.15, 0.2) is 0 Å². The second kappa shape index (κ2) is 9.21. The van der Waals surface area contributed by atoms with E-state index < -0.39 is 11.2 Å². The Morgan fingerprint density at radius 3 is 1.42 bits per heavy atom. The molecule has 0 aliphatic carbocycles. The van der Waals surface area contributed by atoms with Gasteiger partial charge in [0.15, 0.2) is 0 Å². The van der Waals surface area contributed by atoms with Crippen LogP contribution in [0.25, 0.3) is 0 Å². The summed E-state index contributed by atoms with van der Waals surface area (Å²) in [4.78, 5) is 4.41. The van der Waals surface area contributed by atoms with E-state index in [0.29, 0.717) is 0 Å². The van der Waals surface area contributed by atoms with Crippen molar-refractivity contribution in [2.75, 3.05) is 26.7 Å². The molecule has 1 aliphatic heterocycles. The quantitative estimate of drug-likeness (QED) is 0.692. The fraction of sp³-hybridized carbons (Fsp3) is 0.929. The second-order valence-electron chi connectivity index (χ2n) is 6.48. The monoisotopic (exact) mass is 317 g/mol. The van der Waals surface area contributed by atoms with Crippen LogP contribution >= 0.6 is 0 Å². The van der Waals surface area contributed by atoms with Gasteiger partial charge in [0.05, 0.1) is 0 Å². The molecule has 0 saturated carbocycles. The zero-order valence-electron chi connectivity index (χ0n) is 13.7. The summed E-state index contributed by atoms with van der Waals surface area (Å²) in [6.07, 6.45) is 0. The first-order valence-corrected chi connectivity index (χ1v) is 7.15. The Morgan fingerprint density at radius 2 is 1.32 bits per heavy atom. The Labute approximate surface area is 126 Å². The summed E-state index contributed by atoms with van der Waals surface area (Å²) in [6.45, 7) is 15.3. The molecular formula is C14H30CoN2O2. The molecule has 0 aromatic heterocycles. The number of hydrogen-bond donors (Lipinski definition) is 0. The topological polar surface area (TPSA) is 52.6 Å². The van der Waals surface area contributed by atoms with E-state index in [-0.39, 0.29) is 0 Å². The molecule has 0 atom stereocenters. The van der Waals surface area contributed by atoms with Gasteiger partial charge in [0.2, 0.25) is 0 Å². The number of rotatable bonds is 1. The van der Waals surface area contributed by atoms with Gasteiger partial charge in [-0.1, -0.05) is 41.5 Å². The van der Waals surface area contributed by atoms with Crippen LogP contribution in [0.4, 0.5) is 0 Å². The minimum atomic E-state index is -0.750. The first kappa shape index (κ1) is 21.5. The summed E-state index contributed by atoms with van der Waals surface area (Å²) >= 11 is 4.38. The molecule has 0 aromatic carbocycles. The van der Waals surface area contributed by atoms with Crippen molar-refractivity contribution in [2.24, 2.45) is 0 Å². The fourth-order valence-corrected chi connectivity index (χ4v) is 1.37. The van der Waals surface area contributed by atoms with Crippen LogP contribution in [0.1, 0.15) is 48.5 Å². The van der Waals surface area contributed by atoms with Gasteiger partial charge in [0, 0.05) is 0 Å². The molecule has 117 valence electrons. The van der Waals surface area contributed by atoms with Crippen molar-refractivity contribution in [1.82, 2.24) is 9.80 Å². The SMILES string of the molecule is CC(C)(C)[O-].CC(C)(C)[O-].CCN1CCN(C)[C]1=[Co+2]. The number of hydrogen-bond acceptors (Lipinski definition) is 4. The molecule has 1 fully saturated rings. The molecule has 1 aliphatic rings. The van der Waals surface area contributed by atoms with Crippen LogP contribution in [0.2, 0.25) is 0 Å². The molecule has 0 amide bonds. The van der Waals surface area contributed by atoms with Crippen LogP contribution in [0.5, 0.6) is 0 Å². The van der Waals surface area contributed by atoms with E-state index in [9.17, 15) is 10.2 Å². The van der Waals surface area contributed by atoms with Gasteiger partial charge in [-0.3, -0.25) is 0 Å². The third kappa shape index (κ3) is 20.7. The predicted octanol–water partition coefficient (Wildman–Crippen LogP) is 0.178. The van der Waals surface area contributed by atoms with Gasteiger partial charge >= 0.3 is 63.4 Å². The zero-order chi connectivity index (χ0) is 15.9. The number of likely N-dealkylation sites (N-methyl/N-ethyl adjacent to an activating group) is 2. The van der Waals surface area contributed by atoms with Gasteiger partial charge in [0.25, 0.3) is 0 Å². The third-order valence-corrected chi connectivity index (χ3v) is 2.36. The van der Waals surface area contributed by atoms with Crippen molar-refractivity contribution in [3.05, 3.63) is 0 Å². The Morgan fingerprint density at radius 1 is 1.00 bits per heavy atom. The molecule has 0 unspecified atom stereocenters. The Kier molecular flexibility index (Phi) is 10.4. The van der Waals surface area contributed by atoms with Crippen LogP contribution in [-0.4, -0.2) is 52.4 Å². The van der Waals surface area contributed by atoms with E-state index in [1.54, 1.807) is 41.5 Å². The third-order valence-electron chi connectivity index (χ3n) is 1.63. The van der Waals surface area contributed by atoms with Crippen LogP contribution in [0, 0.1) is 0 Å². The van der Waals surface area contributed by atoms with Crippen molar-refractivity contribution in [1.29, 1.82) is 0 Å². The van der Waals surface area contributed by atoms with Gasteiger partial charge in [0.1, 0.15) is 0 Å². The summed E-state index contributed by atoms with van der Waals surface area (Å²) in [6, 6.07) is 0. The summed E-state index contributed by atoms with van der Waals surface area (Å²) in [7, 11) is 2.07. The zero-order valence-corrected chi connectivity index (χ0v) is 14.7. The first-order valence-electron chi connectivity index (χ1n) is 6.63. The van der Waals surface area contributed by atoms with Gasteiger partial charge in [-0.05, 0) is 0 Å². The summed E-state index contributed by atoms with van der Waals surface area (Å²) in [5.41, 5.74) is -1.50. The van der Waals surface area contributed by atoms with E-state index in [4.69, 9.17) is 0 Å². The molecule has 1 rings (SSSR count). The fourth-order valence-electron chi connectivity index (χ4n) is 0.968. The van der Waals surface area contributed by atoms with Gasteiger partial charge in [-0.15, -0.1) is 11.2 Å². The van der Waals surface area contributed by atoms with Gasteiger partial charge < -0.3 is 10.2 Å². The summed E-state index contributed by atoms with van der Waals surface area (Å²) < 4.78 is 1.10. The van der Waals surface area contributed by atoms with Crippen molar-refractivity contribution in [3.8, 4) is 0 Å². The summed E-state index contributed by atoms with van der Waals surface area (Å²) in [5, 5.41) is 20.2. The molecular weight excluding hydrogens is 287 g/mol. The molecule has 0 bridgehead atoms. The molecule has 4 nitrogen and oxygen atoms in total. The van der Waals surface area contributed by atoms with Crippen molar-refractivity contribution in [3.63, 3.8) is 0 Å². The summed E-state index contributed by atoms with van der Waals surface area (Å²) in [5.74, 6) is 0. The molecule has 0 aromatic rings. The van der Waals surface area contributed by atoms with Crippen LogP contribution in [-0.2, 0) is 15.3 Å². The first-order chi connectivity index (χ1) is 8.25. The molecule has 0 spiro atoms. The Balaban J connectivity index is 0. The second-order valence-corrected chi connectivity index (χ2v) is 6.94. The molecule has 0 N–H and O–H groups in total. The van der Waals surface area contributed by atoms with E-state index in [1.807, 2.05) is 0 Å². The minimum absolute atomic E-state index is 0.750. The maximum absolute atomic E-state index is 10.1. The molecule has 5 heteroatoms. The predicted molar refractivity (Wildman–Crippen MR) is 74.4 cm³/mol. The maximum atomic E-state index is 10.1. The number of nitrogens with zero attached hydrogens (tertiary/aromatic N) is 2. The standard InChI is InChI=1S/C6H12N2.2C4H9O.Co/c1-3-8-5-4-7(2)6-8;2*1-4(2,3)5;/h3-5H2,1-2H3;2*1-3H3;/q;2*-1;+2. The average molecular weight is 317 g/mol. The normalized spacial score (nSPS) is 17.5. The van der Waals surface area contributed by atoms with Crippen molar-refractivity contribution in [2.45, 2.75) is 59.7 Å². The molecule has 0 radical (unpaired) electrons. The molecule has 1 saturated heterocycles. The van der Waals surface area contributed by atoms with Crippen molar-refractivity contribution >= 4 is 4.70 Å². The molecule has 1 heterocycles. The van der Waals surface area contributed by atoms with E-state index in [2.05, 4.69) is 39.1 Å². The van der Waals surface area contributed by atoms with Crippen molar-refractivity contribution < 1.29 is 25.5 Å². The van der Waals surface area contributed by atoms with Gasteiger partial charge in [-0.2, -0.15) is 0 Å². The van der Waals surface area contributed by atoms with Crippen LogP contribution < -0.4 is 10.2 Å². The Hall–Kier alpha value is 0.216. The Bertz CT molecular complexity index is 233.